The van der Waals surface area contributed by atoms with Crippen LogP contribution in [0.5, 0.6) is 11.6 Å². The highest BCUT2D eigenvalue weighted by Crippen LogP contribution is 2.44. The SMILES string of the molecule is CC(C)OC(=O)Nc1cccc(S(=O)(=O)NC(=O)c2ccc(C3=CCCNC3)nc2N2C[C@@H](C)CC2(C)C)n1.CC(C)Oc1ccccc1-c1ccc(C(=O)NS(=O)(=O)c2cccnc2N)c(N2C[C@@H](C)CC2(C)C)n1.CC1CN(c2ncccc2C(=O)NS(=O)(=O)c2cccc(OCCc3ccccc3F)n2)C(C)(C)C1.Cc1cc(C)cc(-c2ccc(C(=O)NS(=O)(=O)c3ccc[nH]c3=O)c(N3C[C@@H](C)CC3(C)C)n2)c1. The smallest absolute Gasteiger partial charge is 0.413 e. The van der Waals surface area contributed by atoms with Crippen LogP contribution in [0.25, 0.3) is 28.1 Å². The van der Waals surface area contributed by atoms with Gasteiger partial charge in [0.2, 0.25) is 5.88 Å². The van der Waals surface area contributed by atoms with Crippen LogP contribution in [0.1, 0.15) is 207 Å². The zero-order chi connectivity index (χ0) is 107. The summed E-state index contributed by atoms with van der Waals surface area (Å²) in [7, 11) is -17.3. The maximum Gasteiger partial charge on any atom is 0.413 e. The molecule has 0 spiro atoms. The molecule has 0 radical (unpaired) electrons. The third-order valence-corrected chi connectivity index (χ3v) is 30.5. The summed E-state index contributed by atoms with van der Waals surface area (Å²) in [5, 5.41) is 4.95. The number of amides is 5. The molecule has 4 fully saturated rings. The van der Waals surface area contributed by atoms with Crippen molar-refractivity contribution in [2.75, 3.05) is 76.5 Å². The zero-order valence-corrected chi connectivity index (χ0v) is 88.9. The Morgan fingerprint density at radius 1 is 0.490 bits per heavy atom. The van der Waals surface area contributed by atoms with E-state index in [1.54, 1.807) is 86.8 Å². The van der Waals surface area contributed by atoms with Crippen LogP contribution >= 0.6 is 0 Å². The first-order valence-electron chi connectivity index (χ1n) is 48.5. The molecular weight excluding hydrogens is 1960 g/mol. The molecule has 780 valence electrons. The number of carbonyl (C=O) groups is 5. The van der Waals surface area contributed by atoms with Gasteiger partial charge in [-0.3, -0.25) is 29.3 Å². The van der Waals surface area contributed by atoms with Gasteiger partial charge in [0.05, 0.1) is 58.2 Å². The number of hydrogen-bond acceptors (Lipinski definition) is 30. The fourth-order valence-electron chi connectivity index (χ4n) is 19.4. The molecule has 4 saturated heterocycles. The molecule has 0 saturated carbocycles. The van der Waals surface area contributed by atoms with Crippen LogP contribution in [0.3, 0.4) is 0 Å². The van der Waals surface area contributed by atoms with E-state index in [0.29, 0.717) is 102 Å². The normalized spacial score (nSPS) is 17.7. The van der Waals surface area contributed by atoms with Crippen molar-refractivity contribution in [3.8, 4) is 34.1 Å². The van der Waals surface area contributed by atoms with Gasteiger partial charge in [-0.25, -0.2) is 74.8 Å². The van der Waals surface area contributed by atoms with Gasteiger partial charge in [-0.05, 0) is 292 Å². The van der Waals surface area contributed by atoms with Crippen molar-refractivity contribution in [1.29, 1.82) is 0 Å². The second kappa shape index (κ2) is 45.5. The van der Waals surface area contributed by atoms with Gasteiger partial charge >= 0.3 is 6.09 Å². The average Bonchev–Trinajstić information content (AvgIpc) is 1.78. The molecule has 4 atom stereocenters. The van der Waals surface area contributed by atoms with E-state index in [9.17, 15) is 66.8 Å². The predicted octanol–water partition coefficient (Wildman–Crippen LogP) is 15.6. The van der Waals surface area contributed by atoms with Gasteiger partial charge in [-0.2, -0.15) is 21.8 Å². The van der Waals surface area contributed by atoms with Gasteiger partial charge in [-0.1, -0.05) is 93.4 Å². The van der Waals surface area contributed by atoms with Gasteiger partial charge in [0.15, 0.2) is 14.9 Å². The van der Waals surface area contributed by atoms with E-state index in [1.807, 2.05) is 69.0 Å². The molecule has 0 bridgehead atoms. The van der Waals surface area contributed by atoms with E-state index in [4.69, 9.17) is 34.9 Å². The van der Waals surface area contributed by atoms with E-state index >= 15 is 0 Å². The second-order valence-electron chi connectivity index (χ2n) is 40.7. The van der Waals surface area contributed by atoms with Crippen LogP contribution in [0, 0.1) is 43.3 Å². The Kier molecular flexibility index (Phi) is 34.0. The monoisotopic (exact) mass is 2090 g/mol. The Balaban J connectivity index is 0.000000164. The minimum atomic E-state index is -4.38. The third-order valence-electron chi connectivity index (χ3n) is 25.3. The molecule has 5 amide bonds. The number of aryl methyl sites for hydroxylation is 2. The molecule has 3 aromatic carbocycles. The van der Waals surface area contributed by atoms with Crippen molar-refractivity contribution in [2.24, 2.45) is 23.7 Å². The number of rotatable bonds is 27. The number of nitrogens with one attached hydrogen (secondary N) is 7. The minimum Gasteiger partial charge on any atom is -0.490 e. The van der Waals surface area contributed by atoms with Crippen LogP contribution in [0.4, 0.5) is 44.1 Å². The molecule has 41 heteroatoms. The second-order valence-corrected chi connectivity index (χ2v) is 47.2. The first kappa shape index (κ1) is 110. The maximum atomic E-state index is 13.8. The van der Waals surface area contributed by atoms with Crippen molar-refractivity contribution in [3.63, 3.8) is 0 Å². The molecule has 11 aromatic rings. The molecule has 147 heavy (non-hydrogen) atoms. The van der Waals surface area contributed by atoms with E-state index in [0.717, 1.165) is 78.2 Å². The lowest BCUT2D eigenvalue weighted by molar-refractivity contribution is 0.0972. The first-order valence-corrected chi connectivity index (χ1v) is 54.4. The number of nitrogens with zero attached hydrogens (tertiary/aromatic N) is 11. The van der Waals surface area contributed by atoms with Crippen LogP contribution in [-0.4, -0.2) is 184 Å². The largest absolute Gasteiger partial charge is 0.490 e. The number of nitrogens with two attached hydrogens (primary N) is 1. The lowest BCUT2D eigenvalue weighted by atomic mass is 9.97. The van der Waals surface area contributed by atoms with Gasteiger partial charge in [-0.15, -0.1) is 0 Å². The van der Waals surface area contributed by atoms with Crippen LogP contribution in [0.15, 0.2) is 225 Å². The predicted molar refractivity (Wildman–Crippen MR) is 563 cm³/mol. The van der Waals surface area contributed by atoms with Crippen molar-refractivity contribution in [1.82, 2.24) is 64.1 Å². The molecule has 0 aliphatic carbocycles. The Morgan fingerprint density at radius 2 is 0.952 bits per heavy atom. The lowest BCUT2D eigenvalue weighted by Crippen LogP contribution is -2.41. The fourth-order valence-corrected chi connectivity index (χ4v) is 23.3. The molecule has 36 nitrogen and oxygen atoms in total. The number of nitrogen functional groups attached to an aromatic ring is 1. The number of H-pyrrole nitrogens is 1. The highest BCUT2D eigenvalue weighted by atomic mass is 32.2. The van der Waals surface area contributed by atoms with E-state index in [-0.39, 0.29) is 103 Å². The zero-order valence-electron chi connectivity index (χ0n) is 85.7. The number of aromatic nitrogens is 8. The Bertz CT molecular complexity index is 7330. The summed E-state index contributed by atoms with van der Waals surface area (Å²) in [6.07, 6.45) is 10.1. The summed E-state index contributed by atoms with van der Waals surface area (Å²) >= 11 is 0. The van der Waals surface area contributed by atoms with Crippen molar-refractivity contribution >= 4 is 110 Å². The van der Waals surface area contributed by atoms with Gasteiger partial charge in [0.25, 0.3) is 69.3 Å². The number of sulfonamides is 4. The molecular formula is C106H128FN19O17S4. The first-order chi connectivity index (χ1) is 69.2. The number of anilines is 6. The summed E-state index contributed by atoms with van der Waals surface area (Å²) in [6, 6.07) is 46.9. The third kappa shape index (κ3) is 27.2. The van der Waals surface area contributed by atoms with Crippen LogP contribution < -0.4 is 69.9 Å². The maximum absolute atomic E-state index is 13.8. The van der Waals surface area contributed by atoms with Crippen molar-refractivity contribution < 1.29 is 76.2 Å². The minimum absolute atomic E-state index is 0.0233. The number of ether oxygens (including phenoxy) is 3. The summed E-state index contributed by atoms with van der Waals surface area (Å²) in [5.74, 6) is 0.205. The Labute approximate surface area is 858 Å². The molecule has 5 aliphatic rings. The number of carbonyl (C=O) groups excluding carboxylic acids is 5. The van der Waals surface area contributed by atoms with E-state index < -0.39 is 85.3 Å². The molecule has 8 aromatic heterocycles. The summed E-state index contributed by atoms with van der Waals surface area (Å²) in [6.45, 7) is 41.0. The lowest BCUT2D eigenvalue weighted by Gasteiger charge is -2.34. The number of halogens is 1. The molecule has 13 heterocycles. The fraction of sp³-hybridized carbons (Fsp3) is 0.387. The summed E-state index contributed by atoms with van der Waals surface area (Å²) in [5.41, 5.74) is 12.0. The molecule has 5 aliphatic heterocycles. The van der Waals surface area contributed by atoms with Crippen molar-refractivity contribution in [2.45, 2.75) is 217 Å². The van der Waals surface area contributed by atoms with E-state index in [1.165, 1.54) is 73.1 Å². The number of para-hydroxylation sites is 1. The Morgan fingerprint density at radius 3 is 1.46 bits per heavy atom. The molecule has 1 unspecified atom stereocenters. The number of benzene rings is 3. The highest BCUT2D eigenvalue weighted by molar-refractivity contribution is 7.91. The standard InChI is InChI=1S/C27H36N6O5S.C27H33N5O4S.C26H29FN4O4S.C26H30N4O4S/c1-17(2)38-26(35)31-22-9-6-10-23(30-22)39(36,37)32-25(34)20-11-12-21(19-8-7-13-28-15-19)29-24(20)33-16-18(3)14-27(33,4)5;1-17(2)36-22-10-7-6-9-19(22)21-13-12-20(25(30-21)32-16-18(3)15-27(32,4)5)26(33)31-37(34,35)23-11-8-14-29-24(23)28;1-18-16-26(2,3)31(17-18)24-20(9-7-14-28-24)25(32)30-36(33,34)23-12-6-11-22(29-23)35-15-13-19-8-4-5-10-21(19)27;1-16-11-17(2)13-19(12-16)21-9-8-20(23(28-21)30-15-18(3)14-26(30,4)5)24(31)29-35(33,34)22-7-6-10-27-25(22)32/h6,8-12,17-18,28H,7,13-16H2,1-5H3,(H,32,34)(H,30,31,35);6-14,17-18H,15-16H2,1-5H3,(H2,28,29)(H,31,33);4-12,14,18H,13,15-17H2,1-3H3,(H,30,32);6-13,18H,14-15H2,1-5H3,(H,27,32)(H,29,31)/t2*18-;;18-/m00.0/s1. The van der Waals surface area contributed by atoms with Crippen LogP contribution in [-0.2, 0) is 51.3 Å². The summed E-state index contributed by atoms with van der Waals surface area (Å²) in [4.78, 5) is 118. The average molecular weight is 2090 g/mol. The number of hydrogen-bond donors (Lipinski definition) is 8. The van der Waals surface area contributed by atoms with Crippen molar-refractivity contribution in [3.05, 3.63) is 261 Å². The quantitative estimate of drug-likeness (QED) is 0.0237. The molecule has 9 N–H and O–H groups in total. The topological polar surface area (TPSA) is 484 Å². The summed E-state index contributed by atoms with van der Waals surface area (Å²) < 4.78 is 143. The number of pyridine rings is 8. The Hall–Kier alpha value is -14.2. The molecule has 16 rings (SSSR count). The van der Waals surface area contributed by atoms with Gasteiger partial charge < -0.3 is 49.8 Å². The van der Waals surface area contributed by atoms with Crippen LogP contribution in [0.2, 0.25) is 0 Å². The highest BCUT2D eigenvalue weighted by Gasteiger charge is 2.45. The van der Waals surface area contributed by atoms with Gasteiger partial charge in [0, 0.05) is 97.1 Å². The van der Waals surface area contributed by atoms with Gasteiger partial charge in [0.1, 0.15) is 51.4 Å². The van der Waals surface area contributed by atoms with E-state index in [2.05, 4.69) is 164 Å². The number of aromatic amines is 1.